The van der Waals surface area contributed by atoms with Crippen LogP contribution in [-0.4, -0.2) is 37.2 Å². The normalized spacial score (nSPS) is 16.5. The van der Waals surface area contributed by atoms with E-state index in [1.807, 2.05) is 4.90 Å². The third-order valence-corrected chi connectivity index (χ3v) is 3.01. The van der Waals surface area contributed by atoms with Gasteiger partial charge in [0, 0.05) is 13.1 Å². The summed E-state index contributed by atoms with van der Waals surface area (Å²) < 4.78 is 42.9. The molecule has 0 aromatic heterocycles. The van der Waals surface area contributed by atoms with Crippen molar-refractivity contribution < 1.29 is 17.9 Å². The second-order valence-corrected chi connectivity index (χ2v) is 4.47. The molecule has 0 radical (unpaired) electrons. The van der Waals surface area contributed by atoms with E-state index in [-0.39, 0.29) is 30.5 Å². The quantitative estimate of drug-likeness (QED) is 0.459. The summed E-state index contributed by atoms with van der Waals surface area (Å²) >= 11 is 0. The van der Waals surface area contributed by atoms with E-state index >= 15 is 0 Å². The molecule has 0 spiro atoms. The number of rotatable bonds is 2. The minimum absolute atomic E-state index is 0. The summed E-state index contributed by atoms with van der Waals surface area (Å²) in [7, 11) is 0. The molecule has 1 heterocycles. The van der Waals surface area contributed by atoms with Crippen LogP contribution in [0.3, 0.4) is 0 Å². The van der Waals surface area contributed by atoms with Crippen LogP contribution in [0.4, 0.5) is 13.2 Å². The monoisotopic (exact) mass is 415 g/mol. The van der Waals surface area contributed by atoms with Gasteiger partial charge in [0.05, 0.1) is 25.3 Å². The number of guanidine groups is 1. The SMILES string of the molecule is I.NC(=NCc1cccc(C(F)(F)F)c1)N1CCOCC1. The van der Waals surface area contributed by atoms with Gasteiger partial charge >= 0.3 is 6.18 Å². The van der Waals surface area contributed by atoms with Crippen LogP contribution in [0.2, 0.25) is 0 Å². The van der Waals surface area contributed by atoms with Crippen LogP contribution in [0.5, 0.6) is 0 Å². The van der Waals surface area contributed by atoms with Gasteiger partial charge in [-0.15, -0.1) is 24.0 Å². The molecular weight excluding hydrogens is 398 g/mol. The number of hydrogen-bond acceptors (Lipinski definition) is 2. The van der Waals surface area contributed by atoms with E-state index in [9.17, 15) is 13.2 Å². The number of ether oxygens (including phenoxy) is 1. The van der Waals surface area contributed by atoms with E-state index in [2.05, 4.69) is 4.99 Å². The van der Waals surface area contributed by atoms with Gasteiger partial charge in [-0.05, 0) is 17.7 Å². The van der Waals surface area contributed by atoms with Crippen LogP contribution in [0.1, 0.15) is 11.1 Å². The van der Waals surface area contributed by atoms with Gasteiger partial charge in [-0.25, -0.2) is 4.99 Å². The molecular formula is C13H17F3IN3O. The number of alkyl halides is 3. The first kappa shape index (κ1) is 18.0. The van der Waals surface area contributed by atoms with Crippen molar-refractivity contribution in [3.8, 4) is 0 Å². The minimum atomic E-state index is -4.34. The van der Waals surface area contributed by atoms with Crippen molar-refractivity contribution in [3.63, 3.8) is 0 Å². The fourth-order valence-corrected chi connectivity index (χ4v) is 1.91. The molecule has 2 N–H and O–H groups in total. The molecule has 1 aliphatic heterocycles. The zero-order chi connectivity index (χ0) is 14.6. The molecule has 8 heteroatoms. The average Bonchev–Trinajstić information content (AvgIpc) is 2.45. The number of nitrogens with zero attached hydrogens (tertiary/aromatic N) is 2. The highest BCUT2D eigenvalue weighted by atomic mass is 127. The smallest absolute Gasteiger partial charge is 0.378 e. The van der Waals surface area contributed by atoms with Crippen molar-refractivity contribution in [3.05, 3.63) is 35.4 Å². The molecule has 0 bridgehead atoms. The van der Waals surface area contributed by atoms with E-state index in [1.165, 1.54) is 6.07 Å². The Bertz CT molecular complexity index is 488. The Morgan fingerprint density at radius 1 is 1.29 bits per heavy atom. The van der Waals surface area contributed by atoms with Crippen LogP contribution in [0.15, 0.2) is 29.3 Å². The summed E-state index contributed by atoms with van der Waals surface area (Å²) in [6.07, 6.45) is -4.34. The Morgan fingerprint density at radius 2 is 1.95 bits per heavy atom. The molecule has 0 aliphatic carbocycles. The second-order valence-electron chi connectivity index (χ2n) is 4.47. The molecule has 0 atom stereocenters. The van der Waals surface area contributed by atoms with Crippen LogP contribution < -0.4 is 5.73 Å². The van der Waals surface area contributed by atoms with Gasteiger partial charge in [0.15, 0.2) is 5.96 Å². The van der Waals surface area contributed by atoms with Crippen molar-refractivity contribution in [1.82, 2.24) is 4.90 Å². The Morgan fingerprint density at radius 3 is 2.57 bits per heavy atom. The van der Waals surface area contributed by atoms with Gasteiger partial charge in [0.2, 0.25) is 0 Å². The topological polar surface area (TPSA) is 50.8 Å². The van der Waals surface area contributed by atoms with E-state index in [1.54, 1.807) is 6.07 Å². The molecule has 21 heavy (non-hydrogen) atoms. The Hall–Kier alpha value is -1.03. The maximum atomic E-state index is 12.6. The summed E-state index contributed by atoms with van der Waals surface area (Å²) in [5.74, 6) is 0.339. The molecule has 1 fully saturated rings. The number of nitrogens with two attached hydrogens (primary N) is 1. The molecule has 0 saturated carbocycles. The van der Waals surface area contributed by atoms with Crippen molar-refractivity contribution in [2.24, 2.45) is 10.7 Å². The van der Waals surface area contributed by atoms with Crippen molar-refractivity contribution in [2.45, 2.75) is 12.7 Å². The highest BCUT2D eigenvalue weighted by molar-refractivity contribution is 14.0. The minimum Gasteiger partial charge on any atom is -0.378 e. The van der Waals surface area contributed by atoms with E-state index in [0.29, 0.717) is 37.8 Å². The largest absolute Gasteiger partial charge is 0.416 e. The molecule has 1 aromatic carbocycles. The molecule has 4 nitrogen and oxygen atoms in total. The van der Waals surface area contributed by atoms with Gasteiger partial charge in [-0.2, -0.15) is 13.2 Å². The fourth-order valence-electron chi connectivity index (χ4n) is 1.91. The molecule has 118 valence electrons. The molecule has 0 unspecified atom stereocenters. The van der Waals surface area contributed by atoms with Crippen LogP contribution in [-0.2, 0) is 17.5 Å². The number of halogens is 4. The summed E-state index contributed by atoms with van der Waals surface area (Å²) in [4.78, 5) is 6.00. The zero-order valence-electron chi connectivity index (χ0n) is 11.3. The van der Waals surface area contributed by atoms with E-state index in [4.69, 9.17) is 10.5 Å². The lowest BCUT2D eigenvalue weighted by molar-refractivity contribution is -0.137. The van der Waals surface area contributed by atoms with Gasteiger partial charge in [-0.1, -0.05) is 12.1 Å². The molecule has 2 rings (SSSR count). The van der Waals surface area contributed by atoms with Gasteiger partial charge in [0.1, 0.15) is 0 Å². The first-order valence-electron chi connectivity index (χ1n) is 6.25. The summed E-state index contributed by atoms with van der Waals surface area (Å²) in [5.41, 5.74) is 5.63. The predicted molar refractivity (Wildman–Crippen MR) is 84.6 cm³/mol. The predicted octanol–water partition coefficient (Wildman–Crippen LogP) is 2.47. The molecule has 1 aromatic rings. The fraction of sp³-hybridized carbons (Fsp3) is 0.462. The Kier molecular flexibility index (Phi) is 6.72. The lowest BCUT2D eigenvalue weighted by Crippen LogP contribution is -2.44. The standard InChI is InChI=1S/C13H16F3N3O.HI/c14-13(15,16)11-3-1-2-10(8-11)9-18-12(17)19-4-6-20-7-5-19;/h1-3,8H,4-7,9H2,(H2,17,18);1H. The van der Waals surface area contributed by atoms with Crippen molar-refractivity contribution in [1.29, 1.82) is 0 Å². The number of benzene rings is 1. The molecule has 1 saturated heterocycles. The lowest BCUT2D eigenvalue weighted by Gasteiger charge is -2.27. The third-order valence-electron chi connectivity index (χ3n) is 3.01. The highest BCUT2D eigenvalue weighted by Crippen LogP contribution is 2.29. The number of aliphatic imine (C=N–C) groups is 1. The van der Waals surface area contributed by atoms with E-state index < -0.39 is 11.7 Å². The van der Waals surface area contributed by atoms with Crippen molar-refractivity contribution >= 4 is 29.9 Å². The van der Waals surface area contributed by atoms with Gasteiger partial charge in [0.25, 0.3) is 0 Å². The number of morpholine rings is 1. The van der Waals surface area contributed by atoms with Gasteiger partial charge < -0.3 is 15.4 Å². The summed E-state index contributed by atoms with van der Waals surface area (Å²) in [6, 6.07) is 5.11. The van der Waals surface area contributed by atoms with Crippen LogP contribution in [0, 0.1) is 0 Å². The maximum Gasteiger partial charge on any atom is 0.416 e. The third kappa shape index (κ3) is 5.34. The number of hydrogen-bond donors (Lipinski definition) is 1. The average molecular weight is 415 g/mol. The van der Waals surface area contributed by atoms with E-state index in [0.717, 1.165) is 12.1 Å². The maximum absolute atomic E-state index is 12.6. The Balaban J connectivity index is 0.00000220. The summed E-state index contributed by atoms with van der Waals surface area (Å²) in [6.45, 7) is 2.60. The first-order chi connectivity index (χ1) is 9.47. The van der Waals surface area contributed by atoms with Gasteiger partial charge in [-0.3, -0.25) is 0 Å². The highest BCUT2D eigenvalue weighted by Gasteiger charge is 2.30. The zero-order valence-corrected chi connectivity index (χ0v) is 13.6. The van der Waals surface area contributed by atoms with Crippen LogP contribution in [0.25, 0.3) is 0 Å². The second kappa shape index (κ2) is 7.83. The summed E-state index contributed by atoms with van der Waals surface area (Å²) in [5, 5.41) is 0. The molecule has 1 aliphatic rings. The first-order valence-corrected chi connectivity index (χ1v) is 6.25. The molecule has 0 amide bonds. The lowest BCUT2D eigenvalue weighted by atomic mass is 10.1. The van der Waals surface area contributed by atoms with Crippen LogP contribution >= 0.6 is 24.0 Å². The van der Waals surface area contributed by atoms with Crippen molar-refractivity contribution in [2.75, 3.05) is 26.3 Å². The Labute approximate surface area is 138 Å².